The Morgan fingerprint density at radius 3 is 2.70 bits per heavy atom. The molecule has 2 heteroatoms. The fourth-order valence-corrected chi connectivity index (χ4v) is 1.64. The Kier molecular flexibility index (Phi) is 2.44. The lowest BCUT2D eigenvalue weighted by atomic mass is 9.80. The van der Waals surface area contributed by atoms with Crippen molar-refractivity contribution in [1.29, 1.82) is 5.41 Å². The molecule has 0 amide bonds. The van der Waals surface area contributed by atoms with Crippen LogP contribution in [0.3, 0.4) is 0 Å². The predicted molar refractivity (Wildman–Crippen MR) is 43.3 cm³/mol. The van der Waals surface area contributed by atoms with E-state index in [1.165, 1.54) is 12.6 Å². The maximum Gasteiger partial charge on any atom is 0.0117 e. The van der Waals surface area contributed by atoms with E-state index in [1.807, 2.05) is 0 Å². The zero-order chi connectivity index (χ0) is 7.56. The molecule has 0 heterocycles. The number of nitrogens with one attached hydrogen (secondary N) is 1. The van der Waals surface area contributed by atoms with Gasteiger partial charge in [0, 0.05) is 12.0 Å². The summed E-state index contributed by atoms with van der Waals surface area (Å²) >= 11 is 0. The van der Waals surface area contributed by atoms with Crippen LogP contribution in [0.4, 0.5) is 0 Å². The standard InChI is InChI=1S/C8H16N2/c1-6-2-3-8(10)7(4-6)5-9/h5-9H,2-4,10H2,1H3. The molecule has 0 aromatic carbocycles. The molecule has 1 saturated carbocycles. The van der Waals surface area contributed by atoms with Gasteiger partial charge in [-0.1, -0.05) is 6.92 Å². The van der Waals surface area contributed by atoms with E-state index in [9.17, 15) is 0 Å². The van der Waals surface area contributed by atoms with E-state index in [0.717, 1.165) is 18.8 Å². The number of nitrogens with two attached hydrogens (primary N) is 1. The second-order valence-electron chi connectivity index (χ2n) is 3.41. The lowest BCUT2D eigenvalue weighted by molar-refractivity contribution is 0.304. The first-order chi connectivity index (χ1) is 4.74. The Balaban J connectivity index is 2.45. The van der Waals surface area contributed by atoms with Crippen molar-refractivity contribution in [3.05, 3.63) is 0 Å². The fourth-order valence-electron chi connectivity index (χ4n) is 1.64. The van der Waals surface area contributed by atoms with Crippen LogP contribution in [0.1, 0.15) is 26.2 Å². The number of rotatable bonds is 1. The maximum absolute atomic E-state index is 7.11. The first kappa shape index (κ1) is 7.73. The lowest BCUT2D eigenvalue weighted by Crippen LogP contribution is -2.36. The summed E-state index contributed by atoms with van der Waals surface area (Å²) in [5.74, 6) is 1.12. The monoisotopic (exact) mass is 140 g/mol. The van der Waals surface area contributed by atoms with Crippen molar-refractivity contribution in [2.75, 3.05) is 0 Å². The molecule has 3 atom stereocenters. The molecule has 2 nitrogen and oxygen atoms in total. The molecule has 0 saturated heterocycles. The van der Waals surface area contributed by atoms with Gasteiger partial charge in [0.05, 0.1) is 0 Å². The molecule has 0 bridgehead atoms. The Morgan fingerprint density at radius 1 is 1.50 bits per heavy atom. The average molecular weight is 140 g/mol. The summed E-state index contributed by atoms with van der Waals surface area (Å²) in [4.78, 5) is 0. The van der Waals surface area contributed by atoms with E-state index in [2.05, 4.69) is 6.92 Å². The molecular weight excluding hydrogens is 124 g/mol. The highest BCUT2D eigenvalue weighted by Crippen LogP contribution is 2.26. The van der Waals surface area contributed by atoms with E-state index in [-0.39, 0.29) is 6.04 Å². The van der Waals surface area contributed by atoms with Crippen LogP contribution >= 0.6 is 0 Å². The van der Waals surface area contributed by atoms with Gasteiger partial charge in [-0.05, 0) is 31.4 Å². The van der Waals surface area contributed by atoms with Crippen LogP contribution in [0.25, 0.3) is 0 Å². The Morgan fingerprint density at radius 2 is 2.20 bits per heavy atom. The first-order valence-electron chi connectivity index (χ1n) is 4.00. The van der Waals surface area contributed by atoms with Crippen molar-refractivity contribution in [1.82, 2.24) is 0 Å². The van der Waals surface area contributed by atoms with Crippen molar-refractivity contribution < 1.29 is 0 Å². The molecule has 1 rings (SSSR count). The van der Waals surface area contributed by atoms with Gasteiger partial charge in [0.2, 0.25) is 0 Å². The molecule has 0 aromatic heterocycles. The van der Waals surface area contributed by atoms with Crippen LogP contribution in [0.2, 0.25) is 0 Å². The summed E-state index contributed by atoms with van der Waals surface area (Å²) in [5, 5.41) is 7.11. The van der Waals surface area contributed by atoms with Gasteiger partial charge in [0.25, 0.3) is 0 Å². The van der Waals surface area contributed by atoms with Crippen molar-refractivity contribution in [3.63, 3.8) is 0 Å². The van der Waals surface area contributed by atoms with Crippen LogP contribution in [-0.2, 0) is 0 Å². The lowest BCUT2D eigenvalue weighted by Gasteiger charge is -2.29. The van der Waals surface area contributed by atoms with Crippen molar-refractivity contribution >= 4 is 6.21 Å². The zero-order valence-electron chi connectivity index (χ0n) is 6.51. The fraction of sp³-hybridized carbons (Fsp3) is 0.875. The molecule has 10 heavy (non-hydrogen) atoms. The zero-order valence-corrected chi connectivity index (χ0v) is 6.51. The number of hydrogen-bond acceptors (Lipinski definition) is 2. The minimum Gasteiger partial charge on any atom is -0.327 e. The average Bonchev–Trinajstić information content (AvgIpc) is 1.94. The van der Waals surface area contributed by atoms with Crippen LogP contribution < -0.4 is 5.73 Å². The largest absolute Gasteiger partial charge is 0.327 e. The maximum atomic E-state index is 7.11. The molecule has 1 aliphatic carbocycles. The van der Waals surface area contributed by atoms with Gasteiger partial charge in [-0.25, -0.2) is 0 Å². The minimum absolute atomic E-state index is 0.258. The van der Waals surface area contributed by atoms with Crippen LogP contribution in [0, 0.1) is 17.2 Å². The highest BCUT2D eigenvalue weighted by Gasteiger charge is 2.23. The van der Waals surface area contributed by atoms with Gasteiger partial charge in [-0.3, -0.25) is 0 Å². The molecule has 1 aliphatic rings. The van der Waals surface area contributed by atoms with Gasteiger partial charge < -0.3 is 11.1 Å². The van der Waals surface area contributed by atoms with Crippen LogP contribution in [0.5, 0.6) is 0 Å². The third-order valence-electron chi connectivity index (χ3n) is 2.43. The van der Waals surface area contributed by atoms with E-state index < -0.39 is 0 Å². The summed E-state index contributed by atoms with van der Waals surface area (Å²) in [7, 11) is 0. The van der Waals surface area contributed by atoms with Crippen molar-refractivity contribution in [2.45, 2.75) is 32.2 Å². The molecule has 0 aliphatic heterocycles. The SMILES string of the molecule is CC1CCC(N)C(C=N)C1. The summed E-state index contributed by atoms with van der Waals surface area (Å²) < 4.78 is 0. The van der Waals surface area contributed by atoms with E-state index in [0.29, 0.717) is 5.92 Å². The second kappa shape index (κ2) is 3.15. The molecule has 1 fully saturated rings. The van der Waals surface area contributed by atoms with Gasteiger partial charge in [-0.15, -0.1) is 0 Å². The first-order valence-corrected chi connectivity index (χ1v) is 4.00. The highest BCUT2D eigenvalue weighted by molar-refractivity contribution is 5.58. The van der Waals surface area contributed by atoms with E-state index in [4.69, 9.17) is 11.1 Å². The van der Waals surface area contributed by atoms with Gasteiger partial charge in [-0.2, -0.15) is 0 Å². The predicted octanol–water partition coefficient (Wildman–Crippen LogP) is 1.40. The van der Waals surface area contributed by atoms with E-state index in [1.54, 1.807) is 0 Å². The topological polar surface area (TPSA) is 49.9 Å². The van der Waals surface area contributed by atoms with Crippen molar-refractivity contribution in [3.8, 4) is 0 Å². The van der Waals surface area contributed by atoms with Gasteiger partial charge in [0.15, 0.2) is 0 Å². The molecule has 3 N–H and O–H groups in total. The third-order valence-corrected chi connectivity index (χ3v) is 2.43. The quantitative estimate of drug-likeness (QED) is 0.531. The van der Waals surface area contributed by atoms with E-state index >= 15 is 0 Å². The Bertz CT molecular complexity index is 122. The van der Waals surface area contributed by atoms with Gasteiger partial charge in [0.1, 0.15) is 0 Å². The van der Waals surface area contributed by atoms with Gasteiger partial charge >= 0.3 is 0 Å². The molecule has 0 aromatic rings. The molecular formula is C8H16N2. The smallest absolute Gasteiger partial charge is 0.0117 e. The third kappa shape index (κ3) is 1.57. The normalized spacial score (nSPS) is 41.2. The summed E-state index contributed by atoms with van der Waals surface area (Å²) in [6, 6.07) is 0.258. The van der Waals surface area contributed by atoms with Crippen LogP contribution in [0.15, 0.2) is 0 Å². The molecule has 0 spiro atoms. The summed E-state index contributed by atoms with van der Waals surface area (Å²) in [6.07, 6.45) is 4.97. The Hall–Kier alpha value is -0.370. The summed E-state index contributed by atoms with van der Waals surface area (Å²) in [5.41, 5.74) is 5.80. The van der Waals surface area contributed by atoms with Crippen molar-refractivity contribution in [2.24, 2.45) is 17.6 Å². The minimum atomic E-state index is 0.258. The second-order valence-corrected chi connectivity index (χ2v) is 3.41. The molecule has 58 valence electrons. The highest BCUT2D eigenvalue weighted by atomic mass is 14.7. The number of hydrogen-bond donors (Lipinski definition) is 2. The molecule has 0 radical (unpaired) electrons. The Labute approximate surface area is 62.3 Å². The summed E-state index contributed by atoms with van der Waals surface area (Å²) in [6.45, 7) is 2.24. The van der Waals surface area contributed by atoms with Crippen LogP contribution in [-0.4, -0.2) is 12.3 Å². The molecule has 3 unspecified atom stereocenters.